The van der Waals surface area contributed by atoms with E-state index in [0.29, 0.717) is 27.9 Å². The average Bonchev–Trinajstić information content (AvgIpc) is 2.58. The molecule has 0 unspecified atom stereocenters. The first-order valence-corrected chi connectivity index (χ1v) is 8.62. The van der Waals surface area contributed by atoms with E-state index < -0.39 is 0 Å². The first-order valence-electron chi connectivity index (χ1n) is 7.87. The number of hydrogen-bond donors (Lipinski definition) is 1. The summed E-state index contributed by atoms with van der Waals surface area (Å²) in [4.78, 5) is 11.9. The summed E-state index contributed by atoms with van der Waals surface area (Å²) in [6.07, 6.45) is 0. The number of quaternary nitrogens is 1. The second-order valence-corrected chi connectivity index (χ2v) is 6.69. The lowest BCUT2D eigenvalue weighted by Crippen LogP contribution is -2.83. The number of ether oxygens (including phenoxy) is 1. The van der Waals surface area contributed by atoms with Crippen molar-refractivity contribution >= 4 is 34.2 Å². The van der Waals surface area contributed by atoms with Crippen molar-refractivity contribution in [2.45, 2.75) is 19.5 Å². The lowest BCUT2D eigenvalue weighted by atomic mass is 10.1. The molecule has 0 aliphatic carbocycles. The van der Waals surface area contributed by atoms with Gasteiger partial charge in [0.15, 0.2) is 0 Å². The Hall–Kier alpha value is -2.01. The van der Waals surface area contributed by atoms with Gasteiger partial charge >= 0.3 is 5.63 Å². The quantitative estimate of drug-likeness (QED) is 0.684. The smallest absolute Gasteiger partial charge is 0.336 e. The average molecular weight is 379 g/mol. The first-order chi connectivity index (χ1) is 12.0. The second kappa shape index (κ2) is 7.48. The van der Waals surface area contributed by atoms with Crippen molar-refractivity contribution < 1.29 is 14.5 Å². The van der Waals surface area contributed by atoms with Crippen LogP contribution in [-0.4, -0.2) is 7.11 Å². The third-order valence-electron chi connectivity index (χ3n) is 4.18. The van der Waals surface area contributed by atoms with Crippen LogP contribution in [0.4, 0.5) is 0 Å². The van der Waals surface area contributed by atoms with E-state index in [-0.39, 0.29) is 11.7 Å². The number of nitrogens with two attached hydrogens (primary N) is 1. The summed E-state index contributed by atoms with van der Waals surface area (Å²) in [6, 6.07) is 12.6. The molecule has 1 heterocycles. The molecule has 25 heavy (non-hydrogen) atoms. The molecule has 3 aromatic rings. The predicted molar refractivity (Wildman–Crippen MR) is 99.5 cm³/mol. The van der Waals surface area contributed by atoms with E-state index in [2.05, 4.69) is 12.2 Å². The van der Waals surface area contributed by atoms with E-state index in [1.807, 2.05) is 24.3 Å². The maximum absolute atomic E-state index is 11.9. The van der Waals surface area contributed by atoms with Crippen LogP contribution >= 0.6 is 23.2 Å². The molecule has 0 saturated carbocycles. The normalized spacial score (nSPS) is 12.3. The molecule has 0 radical (unpaired) electrons. The van der Waals surface area contributed by atoms with Crippen molar-refractivity contribution in [1.82, 2.24) is 0 Å². The summed E-state index contributed by atoms with van der Waals surface area (Å²) in [5, 5.41) is 4.26. The lowest BCUT2D eigenvalue weighted by Gasteiger charge is -2.14. The van der Waals surface area contributed by atoms with E-state index in [0.717, 1.165) is 16.5 Å². The van der Waals surface area contributed by atoms with Crippen molar-refractivity contribution in [3.63, 3.8) is 0 Å². The Labute approximate surface area is 155 Å². The van der Waals surface area contributed by atoms with Gasteiger partial charge in [0.2, 0.25) is 0 Å². The van der Waals surface area contributed by atoms with E-state index in [4.69, 9.17) is 32.4 Å². The van der Waals surface area contributed by atoms with Crippen LogP contribution in [0.25, 0.3) is 11.0 Å². The Morgan fingerprint density at radius 3 is 2.68 bits per heavy atom. The third-order valence-corrected chi connectivity index (χ3v) is 4.74. The zero-order chi connectivity index (χ0) is 18.0. The molecular weight excluding hydrogens is 361 g/mol. The van der Waals surface area contributed by atoms with E-state index in [1.165, 1.54) is 6.07 Å². The topological polar surface area (TPSA) is 56.0 Å². The molecule has 0 spiro atoms. The van der Waals surface area contributed by atoms with Crippen molar-refractivity contribution in [2.24, 2.45) is 0 Å². The number of methoxy groups -OCH3 is 1. The van der Waals surface area contributed by atoms with Gasteiger partial charge in [0, 0.05) is 33.7 Å². The van der Waals surface area contributed by atoms with Crippen molar-refractivity contribution in [3.05, 3.63) is 74.1 Å². The van der Waals surface area contributed by atoms with Gasteiger partial charge in [-0.15, -0.1) is 0 Å². The van der Waals surface area contributed by atoms with Crippen LogP contribution in [0.2, 0.25) is 10.0 Å². The number of rotatable bonds is 5. The molecule has 130 valence electrons. The predicted octanol–water partition coefficient (Wildman–Crippen LogP) is 3.93. The largest absolute Gasteiger partial charge is 0.497 e. The van der Waals surface area contributed by atoms with Crippen LogP contribution in [-0.2, 0) is 6.54 Å². The number of halogens is 2. The van der Waals surface area contributed by atoms with Crippen molar-refractivity contribution in [2.75, 3.05) is 7.11 Å². The molecule has 0 amide bonds. The van der Waals surface area contributed by atoms with Crippen molar-refractivity contribution in [1.29, 1.82) is 0 Å². The van der Waals surface area contributed by atoms with Crippen LogP contribution in [0.5, 0.6) is 5.75 Å². The van der Waals surface area contributed by atoms with Gasteiger partial charge in [0.1, 0.15) is 23.9 Å². The van der Waals surface area contributed by atoms with Crippen LogP contribution < -0.4 is 15.7 Å². The molecule has 2 N–H and O–H groups in total. The fourth-order valence-electron chi connectivity index (χ4n) is 2.81. The Balaban J connectivity index is 1.86. The fraction of sp³-hybridized carbons (Fsp3) is 0.211. The van der Waals surface area contributed by atoms with Gasteiger partial charge in [-0.25, -0.2) is 4.79 Å². The maximum Gasteiger partial charge on any atom is 0.336 e. The molecule has 6 heteroatoms. The zero-order valence-electron chi connectivity index (χ0n) is 13.9. The highest BCUT2D eigenvalue weighted by molar-refractivity contribution is 6.35. The summed E-state index contributed by atoms with van der Waals surface area (Å²) in [5.74, 6) is 0.651. The Bertz CT molecular complexity index is 969. The zero-order valence-corrected chi connectivity index (χ0v) is 15.4. The third kappa shape index (κ3) is 3.98. The minimum absolute atomic E-state index is 0.116. The molecule has 2 aromatic carbocycles. The van der Waals surface area contributed by atoms with Gasteiger partial charge in [0.05, 0.1) is 12.1 Å². The van der Waals surface area contributed by atoms with E-state index in [9.17, 15) is 4.79 Å². The maximum atomic E-state index is 11.9. The van der Waals surface area contributed by atoms with Gasteiger partial charge in [-0.3, -0.25) is 0 Å². The molecule has 0 saturated heterocycles. The molecule has 0 fully saturated rings. The summed E-state index contributed by atoms with van der Waals surface area (Å²) in [5.41, 5.74) is 2.06. The molecular formula is C19H18Cl2NO3+. The summed E-state index contributed by atoms with van der Waals surface area (Å²) >= 11 is 12.2. The van der Waals surface area contributed by atoms with Gasteiger partial charge in [-0.1, -0.05) is 29.3 Å². The molecule has 4 nitrogen and oxygen atoms in total. The summed E-state index contributed by atoms with van der Waals surface area (Å²) in [7, 11) is 1.58. The second-order valence-electron chi connectivity index (χ2n) is 5.85. The monoisotopic (exact) mass is 378 g/mol. The highest BCUT2D eigenvalue weighted by Crippen LogP contribution is 2.25. The van der Waals surface area contributed by atoms with Crippen molar-refractivity contribution in [3.8, 4) is 5.75 Å². The van der Waals surface area contributed by atoms with Gasteiger partial charge < -0.3 is 14.5 Å². The molecule has 1 atom stereocenters. The first kappa shape index (κ1) is 17.8. The molecule has 3 rings (SSSR count). The molecule has 1 aromatic heterocycles. The highest BCUT2D eigenvalue weighted by atomic mass is 35.5. The molecule has 0 aliphatic heterocycles. The van der Waals surface area contributed by atoms with E-state index in [1.54, 1.807) is 19.2 Å². The van der Waals surface area contributed by atoms with Gasteiger partial charge in [-0.05, 0) is 31.2 Å². The summed E-state index contributed by atoms with van der Waals surface area (Å²) in [6.45, 7) is 2.68. The number of hydrogen-bond acceptors (Lipinski definition) is 3. The Kier molecular flexibility index (Phi) is 5.33. The fourth-order valence-corrected chi connectivity index (χ4v) is 3.39. The number of fused-ring (bicyclic) bond motifs is 1. The lowest BCUT2D eigenvalue weighted by molar-refractivity contribution is -0.707. The Morgan fingerprint density at radius 1 is 1.16 bits per heavy atom. The highest BCUT2D eigenvalue weighted by Gasteiger charge is 2.15. The van der Waals surface area contributed by atoms with Gasteiger partial charge in [0.25, 0.3) is 0 Å². The minimum Gasteiger partial charge on any atom is -0.497 e. The SMILES string of the molecule is COc1ccc2c(C[NH2+][C@@H](C)c3ccc(Cl)cc3Cl)cc(=O)oc2c1. The summed E-state index contributed by atoms with van der Waals surface area (Å²) < 4.78 is 10.5. The van der Waals surface area contributed by atoms with Crippen LogP contribution in [0, 0.1) is 0 Å². The Morgan fingerprint density at radius 2 is 1.96 bits per heavy atom. The van der Waals surface area contributed by atoms with Crippen LogP contribution in [0.1, 0.15) is 24.1 Å². The van der Waals surface area contributed by atoms with Crippen LogP contribution in [0.3, 0.4) is 0 Å². The standard InChI is InChI=1S/C19H17Cl2NO3/c1-11(15-5-3-13(20)8-17(15)21)22-10-12-7-19(23)25-18-9-14(24-2)4-6-16(12)18/h3-9,11,22H,10H2,1-2H3/p+1/t11-/m0/s1. The minimum atomic E-state index is -0.374. The van der Waals surface area contributed by atoms with Crippen LogP contribution in [0.15, 0.2) is 51.7 Å². The number of benzene rings is 2. The van der Waals surface area contributed by atoms with Gasteiger partial charge in [-0.2, -0.15) is 0 Å². The molecule has 0 bridgehead atoms. The molecule has 0 aliphatic rings. The van der Waals surface area contributed by atoms with E-state index >= 15 is 0 Å².